The molecular formula is C14H24N2O2S. The number of hydrogen-bond acceptors (Lipinski definition) is 5. The van der Waals surface area contributed by atoms with E-state index in [0.29, 0.717) is 28.7 Å². The molecule has 4 nitrogen and oxygen atoms in total. The summed E-state index contributed by atoms with van der Waals surface area (Å²) >= 11 is 1.39. The molecule has 0 saturated heterocycles. The van der Waals surface area contributed by atoms with E-state index in [1.165, 1.54) is 17.8 Å². The van der Waals surface area contributed by atoms with E-state index in [9.17, 15) is 4.79 Å². The summed E-state index contributed by atoms with van der Waals surface area (Å²) < 4.78 is 5.30. The van der Waals surface area contributed by atoms with Gasteiger partial charge < -0.3 is 15.8 Å². The number of carbonyl (C=O) groups is 1. The van der Waals surface area contributed by atoms with Gasteiger partial charge in [0.2, 0.25) is 0 Å². The Morgan fingerprint density at radius 1 is 1.47 bits per heavy atom. The summed E-state index contributed by atoms with van der Waals surface area (Å²) in [6, 6.07) is 0. The lowest BCUT2D eigenvalue weighted by atomic mass is 10.1. The van der Waals surface area contributed by atoms with Crippen molar-refractivity contribution in [3.05, 3.63) is 4.88 Å². The molecule has 0 aliphatic heterocycles. The minimum atomic E-state index is 0.0658. The normalized spacial score (nSPS) is 10.8. The number of ether oxygens (including phenoxy) is 1. The van der Waals surface area contributed by atoms with E-state index in [4.69, 9.17) is 10.5 Å². The fraction of sp³-hybridized carbons (Fsp3) is 0.643. The number of anilines is 2. The predicted molar refractivity (Wildman–Crippen MR) is 82.5 cm³/mol. The topological polar surface area (TPSA) is 64.3 Å². The van der Waals surface area contributed by atoms with Crippen LogP contribution in [0, 0.1) is 5.92 Å². The summed E-state index contributed by atoms with van der Waals surface area (Å²) in [7, 11) is 1.58. The number of nitrogens with one attached hydrogen (secondary N) is 1. The molecule has 0 aliphatic rings. The first-order chi connectivity index (χ1) is 9.01. The van der Waals surface area contributed by atoms with Crippen LogP contribution in [0.5, 0.6) is 5.75 Å². The van der Waals surface area contributed by atoms with Gasteiger partial charge in [0.15, 0.2) is 11.5 Å². The molecule has 1 aromatic heterocycles. The monoisotopic (exact) mass is 284 g/mol. The maximum Gasteiger partial charge on any atom is 0.176 e. The highest BCUT2D eigenvalue weighted by Gasteiger charge is 2.20. The van der Waals surface area contributed by atoms with E-state index in [0.717, 1.165) is 18.0 Å². The van der Waals surface area contributed by atoms with Crippen molar-refractivity contribution in [3.63, 3.8) is 0 Å². The lowest BCUT2D eigenvalue weighted by Crippen LogP contribution is -2.03. The number of methoxy groups -OCH3 is 1. The Balaban J connectivity index is 2.74. The first-order valence-corrected chi connectivity index (χ1v) is 7.56. The third-order valence-electron chi connectivity index (χ3n) is 2.92. The molecule has 0 aromatic carbocycles. The molecule has 19 heavy (non-hydrogen) atoms. The first kappa shape index (κ1) is 15.8. The van der Waals surface area contributed by atoms with Crippen molar-refractivity contribution in [2.24, 2.45) is 5.92 Å². The highest BCUT2D eigenvalue weighted by Crippen LogP contribution is 2.42. The SMILES string of the molecule is CCC(=O)c1sc(NCCCC(C)C)c(OC)c1N. The number of ketones is 1. The van der Waals surface area contributed by atoms with Crippen LogP contribution in [0.1, 0.15) is 49.7 Å². The van der Waals surface area contributed by atoms with Gasteiger partial charge in [-0.1, -0.05) is 20.8 Å². The number of rotatable bonds is 8. The fourth-order valence-corrected chi connectivity index (χ4v) is 2.95. The van der Waals surface area contributed by atoms with Crippen molar-refractivity contribution < 1.29 is 9.53 Å². The van der Waals surface area contributed by atoms with Crippen molar-refractivity contribution in [2.75, 3.05) is 24.7 Å². The maximum atomic E-state index is 11.8. The zero-order valence-electron chi connectivity index (χ0n) is 12.2. The third-order valence-corrected chi connectivity index (χ3v) is 4.11. The van der Waals surface area contributed by atoms with Gasteiger partial charge >= 0.3 is 0 Å². The first-order valence-electron chi connectivity index (χ1n) is 6.74. The largest absolute Gasteiger partial charge is 0.492 e. The highest BCUT2D eigenvalue weighted by atomic mass is 32.1. The van der Waals surface area contributed by atoms with Crippen LogP contribution in [0.3, 0.4) is 0 Å². The van der Waals surface area contributed by atoms with Crippen LogP contribution in [0.4, 0.5) is 10.7 Å². The summed E-state index contributed by atoms with van der Waals surface area (Å²) in [6.07, 6.45) is 2.73. The molecule has 1 heterocycles. The van der Waals surface area contributed by atoms with Crippen LogP contribution in [-0.2, 0) is 0 Å². The average molecular weight is 284 g/mol. The van der Waals surface area contributed by atoms with Crippen LogP contribution >= 0.6 is 11.3 Å². The molecule has 0 fully saturated rings. The van der Waals surface area contributed by atoms with Gasteiger partial charge in [-0.05, 0) is 18.8 Å². The summed E-state index contributed by atoms with van der Waals surface area (Å²) in [4.78, 5) is 12.4. The van der Waals surface area contributed by atoms with Crippen molar-refractivity contribution in [2.45, 2.75) is 40.0 Å². The molecular weight excluding hydrogens is 260 g/mol. The maximum absolute atomic E-state index is 11.8. The summed E-state index contributed by atoms with van der Waals surface area (Å²) in [5.41, 5.74) is 6.43. The number of carbonyl (C=O) groups excluding carboxylic acids is 1. The van der Waals surface area contributed by atoms with Crippen molar-refractivity contribution in [1.29, 1.82) is 0 Å². The quantitative estimate of drug-likeness (QED) is 0.563. The standard InChI is InChI=1S/C14H24N2O2S/c1-5-10(17)13-11(15)12(18-4)14(19-13)16-8-6-7-9(2)3/h9,16H,5-8,15H2,1-4H3. The van der Waals surface area contributed by atoms with E-state index >= 15 is 0 Å². The van der Waals surface area contributed by atoms with Crippen LogP contribution in [-0.4, -0.2) is 19.4 Å². The Kier molecular flexibility index (Phi) is 6.15. The van der Waals surface area contributed by atoms with E-state index in [1.807, 2.05) is 6.92 Å². The summed E-state index contributed by atoms with van der Waals surface area (Å²) in [5, 5.41) is 4.18. The van der Waals surface area contributed by atoms with Crippen molar-refractivity contribution >= 4 is 27.8 Å². The lowest BCUT2D eigenvalue weighted by molar-refractivity contribution is 0.0992. The average Bonchev–Trinajstić information content (AvgIpc) is 2.70. The van der Waals surface area contributed by atoms with E-state index in [-0.39, 0.29) is 5.78 Å². The fourth-order valence-electron chi connectivity index (χ4n) is 1.83. The Bertz CT molecular complexity index is 427. The van der Waals surface area contributed by atoms with Gasteiger partial charge in [-0.3, -0.25) is 4.79 Å². The van der Waals surface area contributed by atoms with Gasteiger partial charge in [0.1, 0.15) is 5.00 Å². The summed E-state index contributed by atoms with van der Waals surface area (Å²) in [6.45, 7) is 7.13. The minimum absolute atomic E-state index is 0.0658. The Hall–Kier alpha value is -1.23. The van der Waals surface area contributed by atoms with Crippen molar-refractivity contribution in [1.82, 2.24) is 0 Å². The highest BCUT2D eigenvalue weighted by molar-refractivity contribution is 7.19. The number of nitrogen functional groups attached to an aromatic ring is 1. The van der Waals surface area contributed by atoms with E-state index < -0.39 is 0 Å². The van der Waals surface area contributed by atoms with Crippen LogP contribution in [0.15, 0.2) is 0 Å². The molecule has 108 valence electrons. The third kappa shape index (κ3) is 4.13. The predicted octanol–water partition coefficient (Wildman–Crippen LogP) is 3.78. The number of Topliss-reactive ketones (excluding diaryl/α,β-unsaturated/α-hetero) is 1. The summed E-state index contributed by atoms with van der Waals surface area (Å²) in [5.74, 6) is 1.37. The van der Waals surface area contributed by atoms with Crippen LogP contribution in [0.2, 0.25) is 0 Å². The van der Waals surface area contributed by atoms with Gasteiger partial charge in [0.25, 0.3) is 0 Å². The lowest BCUT2D eigenvalue weighted by Gasteiger charge is -2.08. The number of nitrogens with two attached hydrogens (primary N) is 1. The van der Waals surface area contributed by atoms with Crippen LogP contribution < -0.4 is 15.8 Å². The molecule has 3 N–H and O–H groups in total. The van der Waals surface area contributed by atoms with E-state index in [1.54, 1.807) is 7.11 Å². The second-order valence-corrected chi connectivity index (χ2v) is 5.97. The minimum Gasteiger partial charge on any atom is -0.492 e. The molecule has 1 aromatic rings. The molecule has 1 rings (SSSR count). The molecule has 0 spiro atoms. The molecule has 0 saturated carbocycles. The molecule has 5 heteroatoms. The Morgan fingerprint density at radius 3 is 2.68 bits per heavy atom. The molecule has 0 amide bonds. The molecule has 0 atom stereocenters. The second-order valence-electron chi connectivity index (χ2n) is 4.95. The molecule has 0 bridgehead atoms. The molecule has 0 aliphatic carbocycles. The zero-order chi connectivity index (χ0) is 14.4. The van der Waals surface area contributed by atoms with Gasteiger partial charge in [-0.2, -0.15) is 0 Å². The Morgan fingerprint density at radius 2 is 2.16 bits per heavy atom. The van der Waals surface area contributed by atoms with Gasteiger partial charge in [-0.25, -0.2) is 0 Å². The molecule has 0 radical (unpaired) electrons. The number of thiophene rings is 1. The Labute approximate surface area is 119 Å². The second kappa shape index (κ2) is 7.38. The van der Waals surface area contributed by atoms with Crippen molar-refractivity contribution in [3.8, 4) is 5.75 Å². The van der Waals surface area contributed by atoms with Crippen LogP contribution in [0.25, 0.3) is 0 Å². The van der Waals surface area contributed by atoms with E-state index in [2.05, 4.69) is 19.2 Å². The molecule has 0 unspecified atom stereocenters. The van der Waals surface area contributed by atoms with Gasteiger partial charge in [-0.15, -0.1) is 11.3 Å². The smallest absolute Gasteiger partial charge is 0.176 e. The van der Waals surface area contributed by atoms with Gasteiger partial charge in [0, 0.05) is 13.0 Å². The zero-order valence-corrected chi connectivity index (χ0v) is 13.0. The van der Waals surface area contributed by atoms with Gasteiger partial charge in [0.05, 0.1) is 17.7 Å². The number of hydrogen-bond donors (Lipinski definition) is 2.